The summed E-state index contributed by atoms with van der Waals surface area (Å²) < 4.78 is 0. The predicted molar refractivity (Wildman–Crippen MR) is 106 cm³/mol. The lowest BCUT2D eigenvalue weighted by Crippen LogP contribution is -2.55. The van der Waals surface area contributed by atoms with Gasteiger partial charge in [0, 0.05) is 6.54 Å². The molecule has 1 radical (unpaired) electrons. The normalized spacial score (nSPS) is 15.3. The minimum atomic E-state index is -0.791. The van der Waals surface area contributed by atoms with E-state index in [0.717, 1.165) is 6.42 Å². The Bertz CT molecular complexity index is 497. The van der Waals surface area contributed by atoms with Gasteiger partial charge in [-0.2, -0.15) is 0 Å². The quantitative estimate of drug-likeness (QED) is 0.146. The maximum absolute atomic E-state index is 12.6. The lowest BCUT2D eigenvalue weighted by Gasteiger charge is -2.25. The summed E-state index contributed by atoms with van der Waals surface area (Å²) in [4.78, 5) is 36.0. The molecule has 0 aliphatic rings. The van der Waals surface area contributed by atoms with Crippen molar-refractivity contribution in [3.05, 3.63) is 0 Å². The molecule has 4 atom stereocenters. The molecular formula is C18H35N6O3. The van der Waals surface area contributed by atoms with E-state index in [9.17, 15) is 14.4 Å². The molecule has 0 aliphatic heterocycles. The van der Waals surface area contributed by atoms with Gasteiger partial charge in [-0.15, -0.1) is 0 Å². The molecule has 2 amide bonds. The van der Waals surface area contributed by atoms with Crippen molar-refractivity contribution >= 4 is 24.1 Å². The molecule has 0 saturated carbocycles. The number of hydrogen-bond donors (Lipinski definition) is 6. The molecule has 0 spiro atoms. The van der Waals surface area contributed by atoms with Crippen LogP contribution in [0.25, 0.3) is 0 Å². The van der Waals surface area contributed by atoms with Gasteiger partial charge in [-0.1, -0.05) is 34.1 Å². The van der Waals surface area contributed by atoms with Gasteiger partial charge < -0.3 is 27.4 Å². The highest BCUT2D eigenvalue weighted by molar-refractivity contribution is 5.90. The monoisotopic (exact) mass is 383 g/mol. The fraction of sp³-hybridized carbons (Fsp3) is 0.778. The van der Waals surface area contributed by atoms with E-state index >= 15 is 0 Å². The van der Waals surface area contributed by atoms with E-state index in [1.54, 1.807) is 6.29 Å². The number of carbonyl (C=O) groups is 2. The van der Waals surface area contributed by atoms with Crippen LogP contribution in [0.15, 0.2) is 0 Å². The number of amides is 2. The van der Waals surface area contributed by atoms with Gasteiger partial charge in [0.05, 0.1) is 12.1 Å². The van der Waals surface area contributed by atoms with Crippen molar-refractivity contribution in [2.24, 2.45) is 23.3 Å². The molecular weight excluding hydrogens is 348 g/mol. The summed E-state index contributed by atoms with van der Waals surface area (Å²) in [5, 5.41) is 15.0. The Morgan fingerprint density at radius 3 is 2.26 bits per heavy atom. The first-order valence-electron chi connectivity index (χ1n) is 9.44. The maximum Gasteiger partial charge on any atom is 0.243 e. The fourth-order valence-corrected chi connectivity index (χ4v) is 2.45. The van der Waals surface area contributed by atoms with Crippen LogP contribution in [0, 0.1) is 17.2 Å². The first-order chi connectivity index (χ1) is 12.6. The highest BCUT2D eigenvalue weighted by Gasteiger charge is 2.27. The third kappa shape index (κ3) is 10.5. The number of rotatable bonds is 13. The molecule has 155 valence electrons. The van der Waals surface area contributed by atoms with E-state index in [1.807, 2.05) is 27.7 Å². The lowest BCUT2D eigenvalue weighted by molar-refractivity contribution is -0.130. The molecule has 0 bridgehead atoms. The number of carbonyl (C=O) groups excluding carboxylic acids is 3. The van der Waals surface area contributed by atoms with Gasteiger partial charge in [0.1, 0.15) is 6.04 Å². The van der Waals surface area contributed by atoms with E-state index in [4.69, 9.17) is 16.9 Å². The van der Waals surface area contributed by atoms with E-state index in [0.29, 0.717) is 25.8 Å². The second kappa shape index (κ2) is 13.1. The van der Waals surface area contributed by atoms with Crippen LogP contribution in [0.3, 0.4) is 0 Å². The SMILES string of the molecule is CC[C@H](C)[C@H](N)C(=O)N[C@@H](CC(C)C)C(=O)N[C@H]([C]=O)CCCNC(=N)N. The van der Waals surface area contributed by atoms with Gasteiger partial charge in [-0.05, 0) is 31.1 Å². The summed E-state index contributed by atoms with van der Waals surface area (Å²) in [6, 6.07) is -2.25. The summed E-state index contributed by atoms with van der Waals surface area (Å²) >= 11 is 0. The van der Waals surface area contributed by atoms with Crippen molar-refractivity contribution in [1.82, 2.24) is 16.0 Å². The highest BCUT2D eigenvalue weighted by Crippen LogP contribution is 2.09. The van der Waals surface area contributed by atoms with E-state index in [-0.39, 0.29) is 23.7 Å². The van der Waals surface area contributed by atoms with Crippen molar-refractivity contribution < 1.29 is 14.4 Å². The van der Waals surface area contributed by atoms with Crippen molar-refractivity contribution in [1.29, 1.82) is 5.41 Å². The number of nitrogens with two attached hydrogens (primary N) is 2. The van der Waals surface area contributed by atoms with E-state index in [2.05, 4.69) is 16.0 Å². The average Bonchev–Trinajstić information content (AvgIpc) is 2.61. The smallest absolute Gasteiger partial charge is 0.243 e. The Morgan fingerprint density at radius 2 is 1.78 bits per heavy atom. The Morgan fingerprint density at radius 1 is 1.15 bits per heavy atom. The Kier molecular flexibility index (Phi) is 12.0. The van der Waals surface area contributed by atoms with Crippen LogP contribution in [-0.2, 0) is 14.4 Å². The molecule has 9 nitrogen and oxygen atoms in total. The summed E-state index contributed by atoms with van der Waals surface area (Å²) in [6.45, 7) is 8.13. The molecule has 8 N–H and O–H groups in total. The molecule has 0 rings (SSSR count). The van der Waals surface area contributed by atoms with Gasteiger partial charge in [-0.3, -0.25) is 19.8 Å². The number of guanidine groups is 1. The van der Waals surface area contributed by atoms with Crippen LogP contribution < -0.4 is 27.4 Å². The second-order valence-electron chi connectivity index (χ2n) is 7.26. The summed E-state index contributed by atoms with van der Waals surface area (Å²) in [5.41, 5.74) is 11.1. The van der Waals surface area contributed by atoms with Gasteiger partial charge in [0.15, 0.2) is 5.96 Å². The Balaban J connectivity index is 4.81. The molecule has 0 aromatic heterocycles. The third-order valence-corrected chi connectivity index (χ3v) is 4.34. The molecule has 9 heteroatoms. The standard InChI is InChI=1S/C18H35N6O3/c1-5-12(4)15(19)17(27)24-14(9-11(2)3)16(26)23-13(10-25)7-6-8-22-18(20)21/h11-15H,5-9,19H2,1-4H3,(H,23,26)(H,24,27)(H4,20,21,22)/t12-,13-,14-,15-/m0/s1. The molecule has 0 saturated heterocycles. The zero-order valence-corrected chi connectivity index (χ0v) is 16.8. The van der Waals surface area contributed by atoms with Crippen molar-refractivity contribution in [3.63, 3.8) is 0 Å². The number of hydrogen-bond acceptors (Lipinski definition) is 5. The van der Waals surface area contributed by atoms with Crippen LogP contribution in [-0.4, -0.2) is 48.7 Å². The summed E-state index contributed by atoms with van der Waals surface area (Å²) in [6.07, 6.45) is 3.87. The molecule has 0 unspecified atom stereocenters. The molecule has 0 aromatic rings. The fourth-order valence-electron chi connectivity index (χ4n) is 2.45. The van der Waals surface area contributed by atoms with Crippen LogP contribution >= 0.6 is 0 Å². The Labute approximate surface area is 161 Å². The zero-order valence-electron chi connectivity index (χ0n) is 16.8. The molecule has 27 heavy (non-hydrogen) atoms. The van der Waals surface area contributed by atoms with Gasteiger partial charge in [0.2, 0.25) is 18.1 Å². The summed E-state index contributed by atoms with van der Waals surface area (Å²) in [5.74, 6) is -0.788. The Hall–Kier alpha value is -2.16. The third-order valence-electron chi connectivity index (χ3n) is 4.34. The van der Waals surface area contributed by atoms with Crippen LogP contribution in [0.4, 0.5) is 0 Å². The first-order valence-corrected chi connectivity index (χ1v) is 9.44. The van der Waals surface area contributed by atoms with Gasteiger partial charge in [-0.25, -0.2) is 0 Å². The van der Waals surface area contributed by atoms with Crippen molar-refractivity contribution in [2.75, 3.05) is 6.54 Å². The minimum Gasteiger partial charge on any atom is -0.370 e. The lowest BCUT2D eigenvalue weighted by atomic mass is 9.97. The molecule has 0 fully saturated rings. The van der Waals surface area contributed by atoms with Crippen LogP contribution in [0.2, 0.25) is 0 Å². The van der Waals surface area contributed by atoms with E-state index < -0.39 is 24.0 Å². The largest absolute Gasteiger partial charge is 0.370 e. The summed E-state index contributed by atoms with van der Waals surface area (Å²) in [7, 11) is 0. The maximum atomic E-state index is 12.6. The second-order valence-corrected chi connectivity index (χ2v) is 7.26. The molecule has 0 heterocycles. The average molecular weight is 384 g/mol. The van der Waals surface area contributed by atoms with Gasteiger partial charge in [0.25, 0.3) is 0 Å². The van der Waals surface area contributed by atoms with Gasteiger partial charge >= 0.3 is 0 Å². The zero-order chi connectivity index (χ0) is 21.0. The van der Waals surface area contributed by atoms with Crippen LogP contribution in [0.1, 0.15) is 53.4 Å². The molecule has 0 aromatic carbocycles. The van der Waals surface area contributed by atoms with E-state index in [1.165, 1.54) is 0 Å². The number of nitrogens with one attached hydrogen (secondary N) is 4. The highest BCUT2D eigenvalue weighted by atomic mass is 16.2. The predicted octanol–water partition coefficient (Wildman–Crippen LogP) is -0.252. The topological polar surface area (TPSA) is 163 Å². The first kappa shape index (κ1) is 24.8. The van der Waals surface area contributed by atoms with Crippen LogP contribution in [0.5, 0.6) is 0 Å². The minimum absolute atomic E-state index is 0.00223. The van der Waals surface area contributed by atoms with Crippen molar-refractivity contribution in [3.8, 4) is 0 Å². The van der Waals surface area contributed by atoms with Crippen molar-refractivity contribution in [2.45, 2.75) is 71.5 Å². The molecule has 0 aliphatic carbocycles.